The molecule has 3 heterocycles. The van der Waals surface area contributed by atoms with Crippen molar-refractivity contribution >= 4 is 11.7 Å². The number of anilines is 1. The number of imidazole rings is 1. The van der Waals surface area contributed by atoms with Gasteiger partial charge in [0.25, 0.3) is 5.91 Å². The summed E-state index contributed by atoms with van der Waals surface area (Å²) in [4.78, 5) is 27.4. The summed E-state index contributed by atoms with van der Waals surface area (Å²) in [6.07, 6.45) is 5.36. The Morgan fingerprint density at radius 3 is 2.87 bits per heavy atom. The third kappa shape index (κ3) is 3.67. The number of hydrogen-bond donors (Lipinski definition) is 1. The molecular formula is C16H22N6O. The van der Waals surface area contributed by atoms with E-state index in [1.165, 1.54) is 0 Å². The largest absolute Gasteiger partial charge is 0.354 e. The first kappa shape index (κ1) is 15.5. The van der Waals surface area contributed by atoms with E-state index >= 15 is 0 Å². The van der Waals surface area contributed by atoms with E-state index in [2.05, 4.69) is 25.2 Å². The lowest BCUT2D eigenvalue weighted by atomic mass is 10.1. The van der Waals surface area contributed by atoms with Crippen LogP contribution < -0.4 is 10.2 Å². The zero-order chi connectivity index (χ0) is 16.4. The van der Waals surface area contributed by atoms with Crippen LogP contribution in [-0.2, 0) is 7.05 Å². The molecule has 23 heavy (non-hydrogen) atoms. The Morgan fingerprint density at radius 2 is 2.17 bits per heavy atom. The molecule has 7 nitrogen and oxygen atoms in total. The number of hydrogen-bond acceptors (Lipinski definition) is 5. The molecule has 0 radical (unpaired) electrons. The number of carbonyl (C=O) groups excluding carboxylic acids is 1. The summed E-state index contributed by atoms with van der Waals surface area (Å²) >= 11 is 0. The second-order valence-corrected chi connectivity index (χ2v) is 6.10. The Balaban J connectivity index is 1.67. The fraction of sp³-hybridized carbons (Fsp3) is 0.500. The normalized spacial score (nSPS) is 18.0. The van der Waals surface area contributed by atoms with Gasteiger partial charge in [-0.25, -0.2) is 15.0 Å². The van der Waals surface area contributed by atoms with Gasteiger partial charge in [0, 0.05) is 44.1 Å². The average Bonchev–Trinajstić information content (AvgIpc) is 2.93. The van der Waals surface area contributed by atoms with Gasteiger partial charge in [0.1, 0.15) is 17.3 Å². The smallest absolute Gasteiger partial charge is 0.271 e. The molecule has 1 fully saturated rings. The van der Waals surface area contributed by atoms with Gasteiger partial charge in [-0.1, -0.05) is 0 Å². The Kier molecular flexibility index (Phi) is 4.27. The monoisotopic (exact) mass is 314 g/mol. The van der Waals surface area contributed by atoms with Crippen LogP contribution in [0.15, 0.2) is 18.6 Å². The molecule has 2 aromatic rings. The van der Waals surface area contributed by atoms with Gasteiger partial charge in [-0.3, -0.25) is 4.79 Å². The third-order valence-electron chi connectivity index (χ3n) is 3.97. The maximum Gasteiger partial charge on any atom is 0.271 e. The number of aromatic nitrogens is 4. The molecule has 0 aromatic carbocycles. The van der Waals surface area contributed by atoms with Crippen molar-refractivity contribution in [3.05, 3.63) is 35.8 Å². The van der Waals surface area contributed by atoms with Gasteiger partial charge in [0.15, 0.2) is 0 Å². The standard InChI is InChI=1S/C16H22N6O/c1-11-7-15(19-12(2)18-11)22-6-4-5-13(8-22)20-16(23)14-9-21(3)10-17-14/h7,9-10,13H,4-6,8H2,1-3H3,(H,20,23). The molecule has 1 N–H and O–H groups in total. The highest BCUT2D eigenvalue weighted by molar-refractivity contribution is 5.92. The van der Waals surface area contributed by atoms with Crippen LogP contribution in [0.1, 0.15) is 34.8 Å². The first-order valence-electron chi connectivity index (χ1n) is 7.87. The van der Waals surface area contributed by atoms with E-state index < -0.39 is 0 Å². The van der Waals surface area contributed by atoms with Gasteiger partial charge in [-0.2, -0.15) is 0 Å². The van der Waals surface area contributed by atoms with Crippen LogP contribution in [0, 0.1) is 13.8 Å². The molecule has 3 rings (SSSR count). The Hall–Kier alpha value is -2.44. The van der Waals surface area contributed by atoms with Crippen molar-refractivity contribution in [1.82, 2.24) is 24.8 Å². The van der Waals surface area contributed by atoms with Crippen molar-refractivity contribution in [2.45, 2.75) is 32.7 Å². The van der Waals surface area contributed by atoms with E-state index in [0.29, 0.717) is 5.69 Å². The van der Waals surface area contributed by atoms with Crippen LogP contribution in [0.5, 0.6) is 0 Å². The number of carbonyl (C=O) groups is 1. The van der Waals surface area contributed by atoms with Crippen LogP contribution >= 0.6 is 0 Å². The molecule has 2 aromatic heterocycles. The number of aryl methyl sites for hydroxylation is 3. The summed E-state index contributed by atoms with van der Waals surface area (Å²) in [6, 6.07) is 2.10. The summed E-state index contributed by atoms with van der Waals surface area (Å²) in [7, 11) is 1.85. The second kappa shape index (κ2) is 6.36. The van der Waals surface area contributed by atoms with E-state index in [-0.39, 0.29) is 11.9 Å². The molecule has 0 spiro atoms. The van der Waals surface area contributed by atoms with Crippen LogP contribution in [0.25, 0.3) is 0 Å². The van der Waals surface area contributed by atoms with Gasteiger partial charge in [-0.15, -0.1) is 0 Å². The topological polar surface area (TPSA) is 75.9 Å². The number of nitrogens with zero attached hydrogens (tertiary/aromatic N) is 5. The van der Waals surface area contributed by atoms with E-state index in [4.69, 9.17) is 0 Å². The molecule has 0 aliphatic carbocycles. The molecule has 122 valence electrons. The molecule has 1 atom stereocenters. The Bertz CT molecular complexity index is 690. The molecular weight excluding hydrogens is 292 g/mol. The SMILES string of the molecule is Cc1cc(N2CCCC(NC(=O)c3cn(C)cn3)C2)nc(C)n1. The number of amides is 1. The summed E-state index contributed by atoms with van der Waals surface area (Å²) in [5.74, 6) is 1.60. The fourth-order valence-electron chi connectivity index (χ4n) is 2.95. The van der Waals surface area contributed by atoms with Crippen molar-refractivity contribution in [1.29, 1.82) is 0 Å². The Labute approximate surface area is 135 Å². The third-order valence-corrected chi connectivity index (χ3v) is 3.97. The average molecular weight is 314 g/mol. The minimum Gasteiger partial charge on any atom is -0.354 e. The summed E-state index contributed by atoms with van der Waals surface area (Å²) in [5.41, 5.74) is 1.42. The van der Waals surface area contributed by atoms with Gasteiger partial charge in [-0.05, 0) is 26.7 Å². The molecule has 1 aliphatic rings. The lowest BCUT2D eigenvalue weighted by molar-refractivity contribution is 0.0928. The number of piperidine rings is 1. The van der Waals surface area contributed by atoms with Crippen LogP contribution in [-0.4, -0.2) is 44.6 Å². The van der Waals surface area contributed by atoms with Crippen molar-refractivity contribution in [2.75, 3.05) is 18.0 Å². The quantitative estimate of drug-likeness (QED) is 0.922. The fourth-order valence-corrected chi connectivity index (χ4v) is 2.95. The van der Waals surface area contributed by atoms with Gasteiger partial charge in [0.05, 0.1) is 6.33 Å². The number of rotatable bonds is 3. The highest BCUT2D eigenvalue weighted by Crippen LogP contribution is 2.19. The van der Waals surface area contributed by atoms with E-state index in [1.807, 2.05) is 27.0 Å². The van der Waals surface area contributed by atoms with Crippen molar-refractivity contribution in [2.24, 2.45) is 7.05 Å². The summed E-state index contributed by atoms with van der Waals surface area (Å²) in [5, 5.41) is 3.08. The molecule has 1 amide bonds. The molecule has 0 bridgehead atoms. The Morgan fingerprint density at radius 1 is 1.35 bits per heavy atom. The molecule has 1 aliphatic heterocycles. The highest BCUT2D eigenvalue weighted by atomic mass is 16.2. The van der Waals surface area contributed by atoms with Crippen LogP contribution in [0.4, 0.5) is 5.82 Å². The minimum atomic E-state index is -0.118. The summed E-state index contributed by atoms with van der Waals surface area (Å²) < 4.78 is 1.77. The van der Waals surface area contributed by atoms with Crippen molar-refractivity contribution < 1.29 is 4.79 Å². The first-order chi connectivity index (χ1) is 11.0. The van der Waals surface area contributed by atoms with Crippen molar-refractivity contribution in [3.8, 4) is 0 Å². The van der Waals surface area contributed by atoms with Gasteiger partial charge in [0.2, 0.25) is 0 Å². The van der Waals surface area contributed by atoms with Crippen molar-refractivity contribution in [3.63, 3.8) is 0 Å². The maximum atomic E-state index is 12.2. The van der Waals surface area contributed by atoms with Gasteiger partial charge >= 0.3 is 0 Å². The molecule has 7 heteroatoms. The second-order valence-electron chi connectivity index (χ2n) is 6.10. The summed E-state index contributed by atoms with van der Waals surface area (Å²) in [6.45, 7) is 5.59. The van der Waals surface area contributed by atoms with Gasteiger partial charge < -0.3 is 14.8 Å². The highest BCUT2D eigenvalue weighted by Gasteiger charge is 2.23. The molecule has 1 unspecified atom stereocenters. The van der Waals surface area contributed by atoms with E-state index in [0.717, 1.165) is 43.3 Å². The van der Waals surface area contributed by atoms with Crippen LogP contribution in [0.2, 0.25) is 0 Å². The first-order valence-corrected chi connectivity index (χ1v) is 7.87. The minimum absolute atomic E-state index is 0.105. The molecule has 0 saturated carbocycles. The van der Waals surface area contributed by atoms with E-state index in [9.17, 15) is 4.79 Å². The predicted octanol–water partition coefficient (Wildman–Crippen LogP) is 1.23. The zero-order valence-electron chi connectivity index (χ0n) is 13.8. The van der Waals surface area contributed by atoms with E-state index in [1.54, 1.807) is 17.1 Å². The zero-order valence-corrected chi connectivity index (χ0v) is 13.8. The molecule has 1 saturated heterocycles. The maximum absolute atomic E-state index is 12.2. The van der Waals surface area contributed by atoms with Crippen LogP contribution in [0.3, 0.4) is 0 Å². The lowest BCUT2D eigenvalue weighted by Gasteiger charge is -2.34. The number of nitrogens with one attached hydrogen (secondary N) is 1. The predicted molar refractivity (Wildman–Crippen MR) is 87.4 cm³/mol. The lowest BCUT2D eigenvalue weighted by Crippen LogP contribution is -2.48.